The van der Waals surface area contributed by atoms with E-state index < -0.39 is 20.7 Å². The third kappa shape index (κ3) is 6.59. The average Bonchev–Trinajstić information content (AvgIpc) is 2.26. The standard InChI is InChI=1S/C8H18Br2N2O3P/c1-5(3-9)7(11)14-16(13)15-8(12)6(2)4-10/h5-8H,3-4,11-12H2,1-2H3/q+1. The second-order valence-corrected chi connectivity index (χ2v) is 5.79. The summed E-state index contributed by atoms with van der Waals surface area (Å²) in [5.41, 5.74) is 11.3. The van der Waals surface area contributed by atoms with E-state index in [1.54, 1.807) is 0 Å². The Hall–Kier alpha value is 0.900. The normalized spacial score (nSPS) is 20.0. The molecule has 0 spiro atoms. The highest BCUT2D eigenvalue weighted by molar-refractivity contribution is 9.09. The van der Waals surface area contributed by atoms with Crippen molar-refractivity contribution in [3.63, 3.8) is 0 Å². The van der Waals surface area contributed by atoms with Gasteiger partial charge in [0.1, 0.15) is 0 Å². The first kappa shape index (κ1) is 16.9. The maximum Gasteiger partial charge on any atom is 0.700 e. The molecule has 0 rings (SSSR count). The molecular formula is C8H18Br2N2O3P+. The van der Waals surface area contributed by atoms with Crippen molar-refractivity contribution >= 4 is 40.1 Å². The third-order valence-electron chi connectivity index (χ3n) is 2.02. The van der Waals surface area contributed by atoms with Crippen LogP contribution in [0.1, 0.15) is 13.8 Å². The van der Waals surface area contributed by atoms with E-state index in [1.807, 2.05) is 13.8 Å². The Morgan fingerprint density at radius 1 is 1.06 bits per heavy atom. The van der Waals surface area contributed by atoms with Crippen molar-refractivity contribution in [2.45, 2.75) is 26.3 Å². The molecule has 0 amide bonds. The van der Waals surface area contributed by atoms with Crippen LogP contribution in [0.25, 0.3) is 0 Å². The van der Waals surface area contributed by atoms with Gasteiger partial charge in [-0.25, -0.2) is 0 Å². The summed E-state index contributed by atoms with van der Waals surface area (Å²) in [6.45, 7) is 3.76. The van der Waals surface area contributed by atoms with E-state index in [0.717, 1.165) is 0 Å². The molecule has 0 aromatic rings. The largest absolute Gasteiger partial charge is 0.700 e. The van der Waals surface area contributed by atoms with Gasteiger partial charge in [0.15, 0.2) is 12.5 Å². The van der Waals surface area contributed by atoms with Crippen LogP contribution in [0.3, 0.4) is 0 Å². The Bertz CT molecular complexity index is 203. The molecule has 0 saturated carbocycles. The van der Waals surface area contributed by atoms with Gasteiger partial charge in [0.05, 0.1) is 0 Å². The molecule has 8 heteroatoms. The molecule has 4 N–H and O–H groups in total. The fourth-order valence-corrected chi connectivity index (χ4v) is 2.21. The molecule has 16 heavy (non-hydrogen) atoms. The summed E-state index contributed by atoms with van der Waals surface area (Å²) >= 11 is 6.53. The van der Waals surface area contributed by atoms with E-state index in [4.69, 9.17) is 20.5 Å². The monoisotopic (exact) mass is 379 g/mol. The number of halogens is 2. The summed E-state index contributed by atoms with van der Waals surface area (Å²) in [6, 6.07) is 0. The Labute approximate surface area is 114 Å². The van der Waals surface area contributed by atoms with Crippen molar-refractivity contribution in [3.05, 3.63) is 0 Å². The van der Waals surface area contributed by atoms with E-state index in [0.29, 0.717) is 10.7 Å². The molecule has 0 aliphatic rings. The van der Waals surface area contributed by atoms with Crippen LogP contribution in [0.4, 0.5) is 0 Å². The first-order valence-electron chi connectivity index (χ1n) is 4.86. The van der Waals surface area contributed by atoms with Gasteiger partial charge in [-0.3, -0.25) is 0 Å². The number of rotatable bonds is 8. The maximum atomic E-state index is 11.4. The Morgan fingerprint density at radius 3 is 1.62 bits per heavy atom. The highest BCUT2D eigenvalue weighted by atomic mass is 79.9. The number of alkyl halides is 2. The van der Waals surface area contributed by atoms with E-state index in [9.17, 15) is 4.57 Å². The van der Waals surface area contributed by atoms with Crippen LogP contribution in [0.2, 0.25) is 0 Å². The lowest BCUT2D eigenvalue weighted by Crippen LogP contribution is -2.33. The topological polar surface area (TPSA) is 87.6 Å². The quantitative estimate of drug-likeness (QED) is 0.383. The first-order valence-corrected chi connectivity index (χ1v) is 8.20. The molecule has 5 nitrogen and oxygen atoms in total. The molecule has 0 saturated heterocycles. The third-order valence-corrected chi connectivity index (χ3v) is 4.90. The zero-order chi connectivity index (χ0) is 12.7. The average molecular weight is 381 g/mol. The molecule has 0 aromatic heterocycles. The van der Waals surface area contributed by atoms with Crippen LogP contribution < -0.4 is 11.5 Å². The molecule has 96 valence electrons. The van der Waals surface area contributed by atoms with Gasteiger partial charge in [0.2, 0.25) is 0 Å². The van der Waals surface area contributed by atoms with Gasteiger partial charge in [-0.2, -0.15) is 0 Å². The van der Waals surface area contributed by atoms with Gasteiger partial charge in [-0.15, -0.1) is 0 Å². The second-order valence-electron chi connectivity index (χ2n) is 3.63. The van der Waals surface area contributed by atoms with Crippen LogP contribution in [0, 0.1) is 11.8 Å². The first-order chi connectivity index (χ1) is 7.42. The molecule has 0 aliphatic carbocycles. The molecule has 0 radical (unpaired) electrons. The molecule has 4 unspecified atom stereocenters. The van der Waals surface area contributed by atoms with Gasteiger partial charge in [0.25, 0.3) is 0 Å². The lowest BCUT2D eigenvalue weighted by Gasteiger charge is -2.13. The minimum atomic E-state index is -2.28. The summed E-state index contributed by atoms with van der Waals surface area (Å²) in [5.74, 6) is 0.0970. The van der Waals surface area contributed by atoms with Crippen LogP contribution >= 0.6 is 40.1 Å². The lowest BCUT2D eigenvalue weighted by atomic mass is 10.2. The zero-order valence-corrected chi connectivity index (χ0v) is 13.4. The fraction of sp³-hybridized carbons (Fsp3) is 1.00. The highest BCUT2D eigenvalue weighted by Gasteiger charge is 2.32. The van der Waals surface area contributed by atoms with E-state index in [2.05, 4.69) is 31.9 Å². The predicted octanol–water partition coefficient (Wildman–Crippen LogP) is 2.31. The Morgan fingerprint density at radius 2 is 1.38 bits per heavy atom. The van der Waals surface area contributed by atoms with Crippen LogP contribution in [-0.4, -0.2) is 23.1 Å². The summed E-state index contributed by atoms with van der Waals surface area (Å²) < 4.78 is 21.4. The number of hydrogen-bond acceptors (Lipinski definition) is 5. The van der Waals surface area contributed by atoms with Crippen molar-refractivity contribution in [3.8, 4) is 0 Å². The van der Waals surface area contributed by atoms with Gasteiger partial charge in [0, 0.05) is 27.1 Å². The minimum Gasteiger partial charge on any atom is -0.302 e. The minimum absolute atomic E-state index is 0.0485. The zero-order valence-electron chi connectivity index (χ0n) is 9.31. The summed E-state index contributed by atoms with van der Waals surface area (Å²) in [4.78, 5) is 0. The van der Waals surface area contributed by atoms with E-state index >= 15 is 0 Å². The Balaban J connectivity index is 3.99. The number of hydrogen-bond donors (Lipinski definition) is 2. The molecule has 0 heterocycles. The fourth-order valence-electron chi connectivity index (χ4n) is 0.607. The van der Waals surface area contributed by atoms with Gasteiger partial charge in [-0.1, -0.05) is 54.8 Å². The highest BCUT2D eigenvalue weighted by Crippen LogP contribution is 2.30. The smallest absolute Gasteiger partial charge is 0.302 e. The molecule has 0 fully saturated rings. The summed E-state index contributed by atoms with van der Waals surface area (Å²) in [7, 11) is -2.28. The van der Waals surface area contributed by atoms with E-state index in [1.165, 1.54) is 0 Å². The van der Waals surface area contributed by atoms with Gasteiger partial charge < -0.3 is 11.5 Å². The molecule has 0 bridgehead atoms. The summed E-state index contributed by atoms with van der Waals surface area (Å²) in [6.07, 6.45) is -1.26. The molecule has 0 aromatic carbocycles. The summed E-state index contributed by atoms with van der Waals surface area (Å²) in [5, 5.41) is 1.34. The SMILES string of the molecule is CC(CBr)C(N)O[P+](=O)OC(N)C(C)CBr. The lowest BCUT2D eigenvalue weighted by molar-refractivity contribution is 0.0954. The van der Waals surface area contributed by atoms with Crippen molar-refractivity contribution in [1.29, 1.82) is 0 Å². The van der Waals surface area contributed by atoms with Gasteiger partial charge >= 0.3 is 8.25 Å². The van der Waals surface area contributed by atoms with Crippen LogP contribution in [0.5, 0.6) is 0 Å². The van der Waals surface area contributed by atoms with Crippen molar-refractivity contribution in [2.24, 2.45) is 23.3 Å². The van der Waals surface area contributed by atoms with Crippen molar-refractivity contribution in [1.82, 2.24) is 0 Å². The molecule has 0 aliphatic heterocycles. The van der Waals surface area contributed by atoms with Crippen molar-refractivity contribution < 1.29 is 13.6 Å². The van der Waals surface area contributed by atoms with Crippen LogP contribution in [-0.2, 0) is 13.6 Å². The van der Waals surface area contributed by atoms with Gasteiger partial charge in [-0.05, 0) is 0 Å². The second kappa shape index (κ2) is 8.91. The maximum absolute atomic E-state index is 11.4. The predicted molar refractivity (Wildman–Crippen MR) is 71.6 cm³/mol. The van der Waals surface area contributed by atoms with E-state index in [-0.39, 0.29) is 11.8 Å². The van der Waals surface area contributed by atoms with Crippen molar-refractivity contribution in [2.75, 3.05) is 10.7 Å². The molecular weight excluding hydrogens is 363 g/mol. The number of nitrogens with two attached hydrogens (primary N) is 2. The molecule has 4 atom stereocenters. The Kier molecular flexibility index (Phi) is 9.42. The van der Waals surface area contributed by atoms with Crippen LogP contribution in [0.15, 0.2) is 0 Å².